The summed E-state index contributed by atoms with van der Waals surface area (Å²) < 4.78 is 1.18. The van der Waals surface area contributed by atoms with Crippen LogP contribution in [0.15, 0.2) is 22.7 Å². The van der Waals surface area contributed by atoms with Crippen molar-refractivity contribution in [2.45, 2.75) is 19.9 Å². The third-order valence-electron chi connectivity index (χ3n) is 2.65. The molecular weight excluding hydrogens is 226 g/mol. The highest BCUT2D eigenvalue weighted by molar-refractivity contribution is 9.10. The van der Waals surface area contributed by atoms with Gasteiger partial charge in [0.05, 0.1) is 0 Å². The van der Waals surface area contributed by atoms with Gasteiger partial charge in [-0.25, -0.2) is 0 Å². The second-order valence-electron chi connectivity index (χ2n) is 3.70. The first-order valence-corrected chi connectivity index (χ1v) is 5.52. The van der Waals surface area contributed by atoms with E-state index in [0.717, 1.165) is 6.54 Å². The lowest BCUT2D eigenvalue weighted by Crippen LogP contribution is -2.36. The number of aryl methyl sites for hydroxylation is 1. The molecule has 1 heterocycles. The second-order valence-corrected chi connectivity index (χ2v) is 4.62. The Morgan fingerprint density at radius 2 is 2.15 bits per heavy atom. The minimum Gasteiger partial charge on any atom is -0.299 e. The molecule has 0 N–H and O–H groups in total. The van der Waals surface area contributed by atoms with Gasteiger partial charge in [-0.15, -0.1) is 0 Å². The molecule has 0 bridgehead atoms. The Bertz CT molecular complexity index is 305. The van der Waals surface area contributed by atoms with E-state index in [-0.39, 0.29) is 0 Å². The van der Waals surface area contributed by atoms with E-state index in [1.54, 1.807) is 0 Å². The van der Waals surface area contributed by atoms with Gasteiger partial charge in [0.1, 0.15) is 0 Å². The van der Waals surface area contributed by atoms with Crippen LogP contribution in [0.1, 0.15) is 17.5 Å². The van der Waals surface area contributed by atoms with Gasteiger partial charge in [0.25, 0.3) is 0 Å². The van der Waals surface area contributed by atoms with Crippen molar-refractivity contribution >= 4 is 15.9 Å². The van der Waals surface area contributed by atoms with Crippen LogP contribution >= 0.6 is 15.9 Å². The number of hydrogen-bond acceptors (Lipinski definition) is 1. The third-order valence-corrected chi connectivity index (χ3v) is 3.14. The fraction of sp³-hybridized carbons (Fsp3) is 0.455. The van der Waals surface area contributed by atoms with Crippen molar-refractivity contribution in [1.82, 2.24) is 4.90 Å². The normalized spacial score (nSPS) is 17.1. The van der Waals surface area contributed by atoms with Crippen LogP contribution in [0.4, 0.5) is 0 Å². The average molecular weight is 240 g/mol. The Balaban J connectivity index is 2.10. The Hall–Kier alpha value is -0.340. The van der Waals surface area contributed by atoms with Gasteiger partial charge < -0.3 is 0 Å². The minimum absolute atomic E-state index is 1.12. The van der Waals surface area contributed by atoms with Crippen molar-refractivity contribution in [3.63, 3.8) is 0 Å². The molecule has 70 valence electrons. The molecule has 1 aliphatic rings. The van der Waals surface area contributed by atoms with E-state index in [4.69, 9.17) is 0 Å². The van der Waals surface area contributed by atoms with Crippen LogP contribution in [0.2, 0.25) is 0 Å². The number of halogens is 1. The molecule has 1 aliphatic heterocycles. The molecule has 13 heavy (non-hydrogen) atoms. The number of rotatable bonds is 2. The number of benzene rings is 1. The first kappa shape index (κ1) is 9.22. The molecule has 0 aliphatic carbocycles. The van der Waals surface area contributed by atoms with E-state index in [2.05, 4.69) is 46.0 Å². The van der Waals surface area contributed by atoms with E-state index < -0.39 is 0 Å². The van der Waals surface area contributed by atoms with Gasteiger partial charge >= 0.3 is 0 Å². The maximum absolute atomic E-state index is 3.48. The van der Waals surface area contributed by atoms with Gasteiger partial charge in [-0.2, -0.15) is 0 Å². The molecule has 1 nitrogen and oxygen atoms in total. The quantitative estimate of drug-likeness (QED) is 0.768. The van der Waals surface area contributed by atoms with Gasteiger partial charge in [0, 0.05) is 11.0 Å². The summed E-state index contributed by atoms with van der Waals surface area (Å²) >= 11 is 3.48. The Labute approximate surface area is 87.9 Å². The zero-order valence-electron chi connectivity index (χ0n) is 7.89. The van der Waals surface area contributed by atoms with Crippen LogP contribution in [-0.2, 0) is 6.54 Å². The summed E-state index contributed by atoms with van der Waals surface area (Å²) in [5, 5.41) is 0. The lowest BCUT2D eigenvalue weighted by atomic mass is 10.1. The van der Waals surface area contributed by atoms with E-state index in [9.17, 15) is 0 Å². The third kappa shape index (κ3) is 2.12. The predicted octanol–water partition coefficient (Wildman–Crippen LogP) is 2.96. The topological polar surface area (TPSA) is 3.24 Å². The van der Waals surface area contributed by atoms with Crippen molar-refractivity contribution in [2.24, 2.45) is 0 Å². The molecule has 0 spiro atoms. The molecule has 1 aromatic carbocycles. The van der Waals surface area contributed by atoms with Crippen LogP contribution in [0.25, 0.3) is 0 Å². The summed E-state index contributed by atoms with van der Waals surface area (Å²) in [5.41, 5.74) is 2.85. The number of hydrogen-bond donors (Lipinski definition) is 0. The molecule has 1 saturated heterocycles. The molecule has 0 unspecified atom stereocenters. The summed E-state index contributed by atoms with van der Waals surface area (Å²) in [4.78, 5) is 2.48. The fourth-order valence-electron chi connectivity index (χ4n) is 1.62. The highest BCUT2D eigenvalue weighted by Crippen LogP contribution is 2.19. The predicted molar refractivity (Wildman–Crippen MR) is 58.8 cm³/mol. The van der Waals surface area contributed by atoms with Crippen molar-refractivity contribution in [1.29, 1.82) is 0 Å². The van der Waals surface area contributed by atoms with Crippen molar-refractivity contribution in [3.05, 3.63) is 33.8 Å². The van der Waals surface area contributed by atoms with Crippen molar-refractivity contribution in [3.8, 4) is 0 Å². The summed E-state index contributed by atoms with van der Waals surface area (Å²) in [7, 11) is 0. The van der Waals surface area contributed by atoms with Gasteiger partial charge in [0.2, 0.25) is 0 Å². The number of nitrogens with zero attached hydrogens (tertiary/aromatic N) is 1. The van der Waals surface area contributed by atoms with Crippen LogP contribution in [0.3, 0.4) is 0 Å². The van der Waals surface area contributed by atoms with Crippen LogP contribution in [0.5, 0.6) is 0 Å². The fourth-order valence-corrected chi connectivity index (χ4v) is 2.09. The Morgan fingerprint density at radius 3 is 2.69 bits per heavy atom. The summed E-state index contributed by atoms with van der Waals surface area (Å²) in [6.07, 6.45) is 1.37. The molecule has 1 aromatic rings. The van der Waals surface area contributed by atoms with E-state index >= 15 is 0 Å². The molecule has 2 rings (SSSR count). The van der Waals surface area contributed by atoms with Gasteiger partial charge in [-0.05, 0) is 49.7 Å². The van der Waals surface area contributed by atoms with Crippen LogP contribution in [-0.4, -0.2) is 18.0 Å². The summed E-state index contributed by atoms with van der Waals surface area (Å²) in [6.45, 7) is 5.85. The second kappa shape index (κ2) is 3.81. The molecule has 0 amide bonds. The molecule has 0 radical (unpaired) electrons. The highest BCUT2D eigenvalue weighted by atomic mass is 79.9. The lowest BCUT2D eigenvalue weighted by molar-refractivity contribution is 0.172. The van der Waals surface area contributed by atoms with Crippen LogP contribution in [0, 0.1) is 6.92 Å². The molecule has 0 aromatic heterocycles. The zero-order valence-corrected chi connectivity index (χ0v) is 9.47. The zero-order chi connectivity index (χ0) is 9.26. The van der Waals surface area contributed by atoms with E-state index in [1.807, 2.05) is 0 Å². The maximum atomic E-state index is 3.48. The van der Waals surface area contributed by atoms with Crippen LogP contribution < -0.4 is 0 Å². The molecule has 1 fully saturated rings. The van der Waals surface area contributed by atoms with Crippen molar-refractivity contribution in [2.75, 3.05) is 13.1 Å². The SMILES string of the molecule is Cc1cc(Br)ccc1CN1CCC1. The summed E-state index contributed by atoms with van der Waals surface area (Å²) in [5.74, 6) is 0. The van der Waals surface area contributed by atoms with Gasteiger partial charge in [0.15, 0.2) is 0 Å². The maximum Gasteiger partial charge on any atom is 0.0236 e. The number of likely N-dealkylation sites (tertiary alicyclic amines) is 1. The van der Waals surface area contributed by atoms with Gasteiger partial charge in [-0.3, -0.25) is 4.90 Å². The molecule has 0 atom stereocenters. The monoisotopic (exact) mass is 239 g/mol. The molecular formula is C11H14BrN. The minimum atomic E-state index is 1.12. The molecule has 0 saturated carbocycles. The Kier molecular flexibility index (Phi) is 2.70. The average Bonchev–Trinajstić information content (AvgIpc) is 1.99. The standard InChI is InChI=1S/C11H14BrN/c1-9-7-11(12)4-3-10(9)8-13-5-2-6-13/h3-4,7H,2,5-6,8H2,1H3. The largest absolute Gasteiger partial charge is 0.299 e. The van der Waals surface area contributed by atoms with E-state index in [1.165, 1.54) is 35.1 Å². The lowest BCUT2D eigenvalue weighted by Gasteiger charge is -2.31. The Morgan fingerprint density at radius 1 is 1.38 bits per heavy atom. The van der Waals surface area contributed by atoms with E-state index in [0.29, 0.717) is 0 Å². The first-order chi connectivity index (χ1) is 6.25. The summed E-state index contributed by atoms with van der Waals surface area (Å²) in [6, 6.07) is 6.54. The smallest absolute Gasteiger partial charge is 0.0236 e. The van der Waals surface area contributed by atoms with Crippen molar-refractivity contribution < 1.29 is 0 Å². The van der Waals surface area contributed by atoms with Gasteiger partial charge in [-0.1, -0.05) is 22.0 Å². The highest BCUT2D eigenvalue weighted by Gasteiger charge is 2.14. The first-order valence-electron chi connectivity index (χ1n) is 4.73. The molecule has 2 heteroatoms.